The molecule has 0 bridgehead atoms. The summed E-state index contributed by atoms with van der Waals surface area (Å²) < 4.78 is 42.2. The normalized spacial score (nSPS) is 55.0. The molecule has 0 radical (unpaired) electrons. The van der Waals surface area contributed by atoms with Gasteiger partial charge in [-0.25, -0.2) is 4.79 Å². The first-order chi connectivity index (χ1) is 25.6. The van der Waals surface area contributed by atoms with Crippen LogP contribution in [0.2, 0.25) is 0 Å². The minimum atomic E-state index is -0.996. The molecule has 4 aliphatic heterocycles. The number of fused-ring (bicyclic) bond motifs is 5. The SMILES string of the molecule is C[C@H]1O[C@@H](O[C@@H]2[C@@H](O)C[C@H](O[C@@H]3[C@@H](O)C[C@H](O[C@H]4CC[C@@]5(C)[C@H](CC[C@@H]6[C@@H]5CC[C@]5(C)[C@@H](C7=CC(=O)OC7)CC[C@]65O)C4)O[C@@H]3C)O[C@@H]2C)C[C@H](O)[C@H]1O. The Bertz CT molecular complexity index is 1370. The van der Waals surface area contributed by atoms with Crippen LogP contribution in [-0.4, -0.2) is 124 Å². The molecule has 0 unspecified atom stereocenters. The summed E-state index contributed by atoms with van der Waals surface area (Å²) in [5.41, 5.74) is 0.215. The van der Waals surface area contributed by atoms with E-state index in [4.69, 9.17) is 33.2 Å². The van der Waals surface area contributed by atoms with Gasteiger partial charge in [0.1, 0.15) is 24.9 Å². The average molecular weight is 765 g/mol. The van der Waals surface area contributed by atoms with Crippen molar-refractivity contribution >= 4 is 5.97 Å². The van der Waals surface area contributed by atoms with Gasteiger partial charge in [0.15, 0.2) is 18.9 Å². The van der Waals surface area contributed by atoms with E-state index in [-0.39, 0.29) is 54.0 Å². The van der Waals surface area contributed by atoms with Gasteiger partial charge in [-0.2, -0.15) is 0 Å². The van der Waals surface area contributed by atoms with Crippen LogP contribution in [0.25, 0.3) is 0 Å². The number of hydrogen-bond donors (Lipinski definition) is 5. The largest absolute Gasteiger partial charge is 0.458 e. The molecule has 8 aliphatic rings. The topological polar surface area (TPSA) is 183 Å². The number of aliphatic hydroxyl groups excluding tert-OH is 4. The molecule has 8 rings (SSSR count). The van der Waals surface area contributed by atoms with E-state index in [2.05, 4.69) is 13.8 Å². The molecule has 7 fully saturated rings. The lowest BCUT2D eigenvalue weighted by atomic mass is 9.43. The second-order valence-electron chi connectivity index (χ2n) is 18.7. The monoisotopic (exact) mass is 764 g/mol. The third-order valence-corrected chi connectivity index (χ3v) is 15.9. The minimum Gasteiger partial charge on any atom is -0.458 e. The first-order valence-electron chi connectivity index (χ1n) is 20.8. The third kappa shape index (κ3) is 6.82. The maximum Gasteiger partial charge on any atom is 0.331 e. The Labute approximate surface area is 319 Å². The lowest BCUT2D eigenvalue weighted by Gasteiger charge is -2.64. The van der Waals surface area contributed by atoms with Crippen molar-refractivity contribution in [3.63, 3.8) is 0 Å². The van der Waals surface area contributed by atoms with Crippen molar-refractivity contribution in [3.05, 3.63) is 11.6 Å². The Kier molecular flexibility index (Phi) is 10.9. The van der Waals surface area contributed by atoms with Gasteiger partial charge in [-0.05, 0) is 113 Å². The second-order valence-corrected chi connectivity index (χ2v) is 18.7. The van der Waals surface area contributed by atoms with Crippen LogP contribution in [-0.2, 0) is 38.0 Å². The van der Waals surface area contributed by atoms with Crippen LogP contribution in [0, 0.1) is 34.5 Å². The number of carbonyl (C=O) groups is 1. The molecule has 20 atom stereocenters. The zero-order valence-electron chi connectivity index (χ0n) is 32.6. The Morgan fingerprint density at radius 3 is 1.89 bits per heavy atom. The Balaban J connectivity index is 0.826. The molecule has 13 nitrogen and oxygen atoms in total. The molecule has 0 amide bonds. The number of rotatable bonds is 7. The Hall–Kier alpha value is -1.23. The minimum absolute atomic E-state index is 0.0243. The molecule has 54 heavy (non-hydrogen) atoms. The Morgan fingerprint density at radius 2 is 1.30 bits per heavy atom. The van der Waals surface area contributed by atoms with Crippen LogP contribution in [0.5, 0.6) is 0 Å². The number of cyclic esters (lactones) is 1. The van der Waals surface area contributed by atoms with Gasteiger partial charge in [0.25, 0.3) is 0 Å². The molecule has 306 valence electrons. The number of carbonyl (C=O) groups excluding carboxylic acids is 1. The second kappa shape index (κ2) is 14.9. The highest BCUT2D eigenvalue weighted by Gasteiger charge is 2.68. The zero-order valence-corrected chi connectivity index (χ0v) is 32.6. The maximum atomic E-state index is 12.6. The van der Waals surface area contributed by atoms with Crippen LogP contribution >= 0.6 is 0 Å². The molecule has 13 heteroatoms. The average Bonchev–Trinajstić information content (AvgIpc) is 3.66. The molecular weight excluding hydrogens is 700 g/mol. The van der Waals surface area contributed by atoms with Crippen LogP contribution < -0.4 is 0 Å². The van der Waals surface area contributed by atoms with E-state index in [1.165, 1.54) is 0 Å². The van der Waals surface area contributed by atoms with Crippen LogP contribution in [0.3, 0.4) is 0 Å². The van der Waals surface area contributed by atoms with Gasteiger partial charge in [-0.15, -0.1) is 0 Å². The summed E-state index contributed by atoms with van der Waals surface area (Å²) >= 11 is 0. The van der Waals surface area contributed by atoms with Crippen molar-refractivity contribution < 1.29 is 63.5 Å². The van der Waals surface area contributed by atoms with Gasteiger partial charge in [0.2, 0.25) is 0 Å². The summed E-state index contributed by atoms with van der Waals surface area (Å²) in [5, 5.41) is 55.0. The number of hydrogen-bond acceptors (Lipinski definition) is 13. The predicted molar refractivity (Wildman–Crippen MR) is 191 cm³/mol. The van der Waals surface area contributed by atoms with Crippen molar-refractivity contribution in [3.8, 4) is 0 Å². The van der Waals surface area contributed by atoms with Gasteiger partial charge >= 0.3 is 5.97 Å². The summed E-state index contributed by atoms with van der Waals surface area (Å²) in [5.74, 6) is 1.13. The lowest BCUT2D eigenvalue weighted by Crippen LogP contribution is -2.62. The van der Waals surface area contributed by atoms with Gasteiger partial charge in [-0.3, -0.25) is 0 Å². The molecule has 0 aromatic carbocycles. The smallest absolute Gasteiger partial charge is 0.331 e. The van der Waals surface area contributed by atoms with E-state index in [1.54, 1.807) is 19.9 Å². The van der Waals surface area contributed by atoms with E-state index in [1.807, 2.05) is 6.92 Å². The molecule has 4 heterocycles. The van der Waals surface area contributed by atoms with Crippen molar-refractivity contribution in [2.24, 2.45) is 34.5 Å². The van der Waals surface area contributed by atoms with Gasteiger partial charge in [-0.1, -0.05) is 13.8 Å². The molecule has 5 N–H and O–H groups in total. The maximum absolute atomic E-state index is 12.6. The standard InChI is InChI=1S/C41H64O13/c1-20-36(46)29(42)16-34(49-20)53-38-22(3)51-35(18-31(38)44)54-37-21(2)50-33(17-30(37)43)52-25-8-11-39(4)24(15-25)6-7-28-27(39)9-12-40(5)26(10-13-41(28,40)47)23-14-32(45)48-19-23/h14,20-22,24-31,33-38,42-44,46-47H,6-13,15-19H2,1-5H3/t20-,21-,22-,24-,25+,26-,27+,28-,29+,30+,31+,33+,34+,35+,36+,37+,38+,39+,40-,41+/m1/s1. The van der Waals surface area contributed by atoms with Crippen LogP contribution in [0.4, 0.5) is 0 Å². The highest BCUT2D eigenvalue weighted by molar-refractivity contribution is 5.85. The van der Waals surface area contributed by atoms with Crippen molar-refractivity contribution in [1.29, 1.82) is 0 Å². The summed E-state index contributed by atoms with van der Waals surface area (Å²) in [6.45, 7) is 10.4. The van der Waals surface area contributed by atoms with Crippen molar-refractivity contribution in [1.82, 2.24) is 0 Å². The highest BCUT2D eigenvalue weighted by atomic mass is 16.7. The van der Waals surface area contributed by atoms with Gasteiger partial charge in [0.05, 0.1) is 48.3 Å². The molecule has 4 aliphatic carbocycles. The number of aliphatic hydroxyl groups is 5. The summed E-state index contributed by atoms with van der Waals surface area (Å²) in [6.07, 6.45) is 1.90. The van der Waals surface area contributed by atoms with E-state index in [0.717, 1.165) is 63.4 Å². The van der Waals surface area contributed by atoms with Crippen molar-refractivity contribution in [2.75, 3.05) is 6.61 Å². The summed E-state index contributed by atoms with van der Waals surface area (Å²) in [4.78, 5) is 11.9. The summed E-state index contributed by atoms with van der Waals surface area (Å²) in [6, 6.07) is 0. The molecule has 3 saturated heterocycles. The van der Waals surface area contributed by atoms with Crippen molar-refractivity contribution in [2.45, 2.75) is 197 Å². The molecular formula is C41H64O13. The van der Waals surface area contributed by atoms with Crippen LogP contribution in [0.15, 0.2) is 11.6 Å². The first kappa shape index (κ1) is 39.6. The fourth-order valence-corrected chi connectivity index (χ4v) is 12.8. The fourth-order valence-electron chi connectivity index (χ4n) is 12.8. The van der Waals surface area contributed by atoms with Gasteiger partial charge < -0.3 is 58.7 Å². The van der Waals surface area contributed by atoms with Gasteiger partial charge in [0, 0.05) is 30.8 Å². The first-order valence-corrected chi connectivity index (χ1v) is 20.8. The van der Waals surface area contributed by atoms with E-state index < -0.39 is 79.4 Å². The zero-order chi connectivity index (χ0) is 38.3. The van der Waals surface area contributed by atoms with Crippen LogP contribution in [0.1, 0.15) is 112 Å². The lowest BCUT2D eigenvalue weighted by molar-refractivity contribution is -0.336. The highest BCUT2D eigenvalue weighted by Crippen LogP contribution is 2.70. The number of ether oxygens (including phenoxy) is 7. The number of esters is 1. The van der Waals surface area contributed by atoms with E-state index >= 15 is 0 Å². The third-order valence-electron chi connectivity index (χ3n) is 15.9. The Morgan fingerprint density at radius 1 is 0.685 bits per heavy atom. The summed E-state index contributed by atoms with van der Waals surface area (Å²) in [7, 11) is 0. The molecule has 4 saturated carbocycles. The quantitative estimate of drug-likeness (QED) is 0.188. The van der Waals surface area contributed by atoms with E-state index in [9.17, 15) is 30.3 Å². The predicted octanol–water partition coefficient (Wildman–Crippen LogP) is 3.25. The molecule has 0 aromatic heterocycles. The molecule has 0 aromatic rings. The molecule has 0 spiro atoms. The fraction of sp³-hybridized carbons (Fsp3) is 0.927. The van der Waals surface area contributed by atoms with E-state index in [0.29, 0.717) is 18.4 Å².